The first-order chi connectivity index (χ1) is 6.34. The zero-order valence-electron chi connectivity index (χ0n) is 9.38. The van der Waals surface area contributed by atoms with Crippen LogP contribution >= 0.6 is 12.2 Å². The number of nitrogens with one attached hydrogen (secondary N) is 1. The lowest BCUT2D eigenvalue weighted by Crippen LogP contribution is -2.37. The first-order valence-electron chi connectivity index (χ1n) is 4.60. The molecule has 0 fully saturated rings. The molecular weight excluding hydrogens is 194 g/mol. The number of rotatable bonds is 2. The molecule has 0 aromatic carbocycles. The number of hydrogen-bond donors (Lipinski definition) is 1. The van der Waals surface area contributed by atoms with E-state index in [0.29, 0.717) is 4.64 Å². The zero-order chi connectivity index (χ0) is 10.9. The van der Waals surface area contributed by atoms with Gasteiger partial charge in [-0.15, -0.1) is 0 Å². The average Bonchev–Trinajstić information content (AvgIpc) is 2.01. The van der Waals surface area contributed by atoms with Crippen LogP contribution in [0.4, 0.5) is 0 Å². The Bertz CT molecular complexity index is 379. The van der Waals surface area contributed by atoms with Gasteiger partial charge in [0.1, 0.15) is 10.5 Å². The minimum absolute atomic E-state index is 0.125. The summed E-state index contributed by atoms with van der Waals surface area (Å²) in [6.45, 7) is 6.22. The predicted octanol–water partition coefficient (Wildman–Crippen LogP) is 2.24. The van der Waals surface area contributed by atoms with Gasteiger partial charge >= 0.3 is 0 Å². The van der Waals surface area contributed by atoms with Gasteiger partial charge in [-0.1, -0.05) is 12.2 Å². The summed E-state index contributed by atoms with van der Waals surface area (Å²) >= 11 is 5.09. The molecule has 0 atom stereocenters. The Morgan fingerprint density at radius 2 is 2.00 bits per heavy atom. The van der Waals surface area contributed by atoms with E-state index >= 15 is 0 Å². The highest BCUT2D eigenvalue weighted by atomic mass is 32.1. The fraction of sp³-hybridized carbons (Fsp3) is 0.600. The van der Waals surface area contributed by atoms with Crippen molar-refractivity contribution in [2.45, 2.75) is 26.3 Å². The largest absolute Gasteiger partial charge is 0.346 e. The molecule has 1 aromatic rings. The van der Waals surface area contributed by atoms with E-state index in [1.165, 1.54) is 0 Å². The van der Waals surface area contributed by atoms with Crippen LogP contribution in [0.5, 0.6) is 0 Å². The van der Waals surface area contributed by atoms with Crippen LogP contribution in [0.25, 0.3) is 0 Å². The molecule has 1 aromatic heterocycles. The fourth-order valence-corrected chi connectivity index (χ4v) is 1.35. The van der Waals surface area contributed by atoms with Crippen LogP contribution in [-0.2, 0) is 5.54 Å². The van der Waals surface area contributed by atoms with Crippen LogP contribution in [-0.4, -0.2) is 29.0 Å². The summed E-state index contributed by atoms with van der Waals surface area (Å²) in [6.07, 6.45) is 0. The van der Waals surface area contributed by atoms with Gasteiger partial charge in [-0.05, 0) is 40.9 Å². The smallest absolute Gasteiger partial charge is 0.130 e. The van der Waals surface area contributed by atoms with Crippen molar-refractivity contribution < 1.29 is 0 Å². The highest BCUT2D eigenvalue weighted by molar-refractivity contribution is 7.71. The molecule has 4 heteroatoms. The maximum Gasteiger partial charge on any atom is 0.130 e. The Kier molecular flexibility index (Phi) is 3.07. The molecule has 0 aliphatic heterocycles. The van der Waals surface area contributed by atoms with Crippen LogP contribution < -0.4 is 0 Å². The van der Waals surface area contributed by atoms with Crippen LogP contribution in [0, 0.1) is 11.6 Å². The molecule has 0 spiro atoms. The first kappa shape index (κ1) is 11.3. The van der Waals surface area contributed by atoms with E-state index in [1.807, 2.05) is 27.1 Å². The van der Waals surface area contributed by atoms with Gasteiger partial charge in [-0.3, -0.25) is 4.90 Å². The SMILES string of the molecule is Cc1cc(=S)nc(C(C)(C)N(C)C)[nH]1. The van der Waals surface area contributed by atoms with E-state index in [4.69, 9.17) is 12.2 Å². The van der Waals surface area contributed by atoms with Crippen molar-refractivity contribution >= 4 is 12.2 Å². The summed E-state index contributed by atoms with van der Waals surface area (Å²) in [5.74, 6) is 0.910. The second-order valence-corrected chi connectivity index (χ2v) is 4.62. The minimum atomic E-state index is -0.125. The second-order valence-electron chi connectivity index (χ2n) is 4.20. The number of nitrogens with zero attached hydrogens (tertiary/aromatic N) is 2. The molecule has 1 rings (SSSR count). The zero-order valence-corrected chi connectivity index (χ0v) is 10.2. The summed E-state index contributed by atoms with van der Waals surface area (Å²) in [4.78, 5) is 9.71. The predicted molar refractivity (Wildman–Crippen MR) is 60.9 cm³/mol. The van der Waals surface area contributed by atoms with Crippen molar-refractivity contribution in [2.24, 2.45) is 0 Å². The minimum Gasteiger partial charge on any atom is -0.346 e. The number of H-pyrrole nitrogens is 1. The molecule has 14 heavy (non-hydrogen) atoms. The van der Waals surface area contributed by atoms with Crippen LogP contribution in [0.1, 0.15) is 25.4 Å². The summed E-state index contributed by atoms with van der Waals surface area (Å²) in [7, 11) is 4.06. The third-order valence-corrected chi connectivity index (χ3v) is 2.78. The van der Waals surface area contributed by atoms with Crippen molar-refractivity contribution in [2.75, 3.05) is 14.1 Å². The molecule has 1 heterocycles. The molecule has 1 N–H and O–H groups in total. The van der Waals surface area contributed by atoms with Crippen LogP contribution in [0.2, 0.25) is 0 Å². The molecular formula is C10H17N3S. The third kappa shape index (κ3) is 2.19. The Hall–Kier alpha value is -0.740. The van der Waals surface area contributed by atoms with E-state index in [0.717, 1.165) is 11.5 Å². The number of aromatic nitrogens is 2. The summed E-state index contributed by atoms with van der Waals surface area (Å²) in [6, 6.07) is 1.87. The Balaban J connectivity index is 3.25. The summed E-state index contributed by atoms with van der Waals surface area (Å²) in [5.41, 5.74) is 0.925. The van der Waals surface area contributed by atoms with E-state index in [2.05, 4.69) is 28.7 Å². The van der Waals surface area contributed by atoms with Gasteiger partial charge in [0.2, 0.25) is 0 Å². The lowest BCUT2D eigenvalue weighted by Gasteiger charge is -2.31. The molecule has 3 nitrogen and oxygen atoms in total. The fourth-order valence-electron chi connectivity index (χ4n) is 1.08. The van der Waals surface area contributed by atoms with Gasteiger partial charge in [0, 0.05) is 5.69 Å². The lowest BCUT2D eigenvalue weighted by atomic mass is 10.0. The van der Waals surface area contributed by atoms with E-state index in [9.17, 15) is 0 Å². The molecule has 0 saturated carbocycles. The summed E-state index contributed by atoms with van der Waals surface area (Å²) in [5, 5.41) is 0. The maximum atomic E-state index is 5.09. The Morgan fingerprint density at radius 3 is 2.43 bits per heavy atom. The van der Waals surface area contributed by atoms with Gasteiger partial charge in [0.15, 0.2) is 0 Å². The molecule has 0 radical (unpaired) electrons. The van der Waals surface area contributed by atoms with E-state index in [-0.39, 0.29) is 5.54 Å². The summed E-state index contributed by atoms with van der Waals surface area (Å²) < 4.78 is 0.645. The first-order valence-corrected chi connectivity index (χ1v) is 5.00. The van der Waals surface area contributed by atoms with E-state index < -0.39 is 0 Å². The quantitative estimate of drug-likeness (QED) is 0.761. The average molecular weight is 211 g/mol. The van der Waals surface area contributed by atoms with Gasteiger partial charge in [0.05, 0.1) is 5.54 Å². The molecule has 0 unspecified atom stereocenters. The van der Waals surface area contributed by atoms with Crippen molar-refractivity contribution in [3.8, 4) is 0 Å². The number of aromatic amines is 1. The van der Waals surface area contributed by atoms with Crippen molar-refractivity contribution in [1.82, 2.24) is 14.9 Å². The van der Waals surface area contributed by atoms with Gasteiger partial charge in [0.25, 0.3) is 0 Å². The van der Waals surface area contributed by atoms with Gasteiger partial charge in [-0.2, -0.15) is 0 Å². The molecule has 0 amide bonds. The van der Waals surface area contributed by atoms with Crippen molar-refractivity contribution in [3.05, 3.63) is 22.2 Å². The lowest BCUT2D eigenvalue weighted by molar-refractivity contribution is 0.185. The molecule has 0 aliphatic carbocycles. The van der Waals surface area contributed by atoms with Gasteiger partial charge < -0.3 is 4.98 Å². The van der Waals surface area contributed by atoms with Crippen molar-refractivity contribution in [1.29, 1.82) is 0 Å². The molecule has 0 bridgehead atoms. The standard InChI is InChI=1S/C10H17N3S/c1-7-6-8(14)12-9(11-7)10(2,3)13(4)5/h6H,1-5H3,(H,11,12,14). The van der Waals surface area contributed by atoms with Gasteiger partial charge in [-0.25, -0.2) is 4.98 Å². The maximum absolute atomic E-state index is 5.09. The third-order valence-electron chi connectivity index (χ3n) is 2.58. The monoisotopic (exact) mass is 211 g/mol. The highest BCUT2D eigenvalue weighted by Crippen LogP contribution is 2.21. The topological polar surface area (TPSA) is 31.9 Å². The van der Waals surface area contributed by atoms with E-state index in [1.54, 1.807) is 0 Å². The normalized spacial score (nSPS) is 12.1. The highest BCUT2D eigenvalue weighted by Gasteiger charge is 2.25. The number of aryl methyl sites for hydroxylation is 1. The molecule has 0 saturated heterocycles. The van der Waals surface area contributed by atoms with Crippen molar-refractivity contribution in [3.63, 3.8) is 0 Å². The Labute approximate surface area is 90.2 Å². The number of hydrogen-bond acceptors (Lipinski definition) is 3. The molecule has 78 valence electrons. The van der Waals surface area contributed by atoms with Crippen LogP contribution in [0.15, 0.2) is 6.07 Å². The Morgan fingerprint density at radius 1 is 1.43 bits per heavy atom. The van der Waals surface area contributed by atoms with Crippen LogP contribution in [0.3, 0.4) is 0 Å². The molecule has 0 aliphatic rings. The second kappa shape index (κ2) is 3.79.